The molecule has 0 bridgehead atoms. The van der Waals surface area contributed by atoms with E-state index in [0.29, 0.717) is 18.5 Å². The second-order valence-corrected chi connectivity index (χ2v) is 7.56. The first kappa shape index (κ1) is 21.7. The van der Waals surface area contributed by atoms with E-state index in [-0.39, 0.29) is 18.1 Å². The maximum atomic E-state index is 13.7. The van der Waals surface area contributed by atoms with Gasteiger partial charge in [0.25, 0.3) is 0 Å². The van der Waals surface area contributed by atoms with E-state index >= 15 is 0 Å². The van der Waals surface area contributed by atoms with Gasteiger partial charge in [0, 0.05) is 18.0 Å². The van der Waals surface area contributed by atoms with Gasteiger partial charge in [-0.05, 0) is 46.4 Å². The topological polar surface area (TPSA) is 58.6 Å². The molecule has 3 aromatic carbocycles. The van der Waals surface area contributed by atoms with Crippen molar-refractivity contribution in [1.29, 1.82) is 0 Å². The van der Waals surface area contributed by atoms with Gasteiger partial charge in [-0.25, -0.2) is 13.6 Å². The zero-order valence-corrected chi connectivity index (χ0v) is 17.4. The lowest BCUT2D eigenvalue weighted by atomic mass is 9.98. The smallest absolute Gasteiger partial charge is 0.407 e. The zero-order chi connectivity index (χ0) is 22.5. The number of nitrogens with one attached hydrogen (secondary N) is 1. The number of benzene rings is 3. The normalized spacial score (nSPS) is 12.6. The van der Waals surface area contributed by atoms with Crippen LogP contribution in [0, 0.1) is 11.6 Å². The van der Waals surface area contributed by atoms with E-state index < -0.39 is 24.3 Å². The van der Waals surface area contributed by atoms with Gasteiger partial charge in [-0.15, -0.1) is 0 Å². The van der Waals surface area contributed by atoms with Crippen LogP contribution < -0.4 is 5.32 Å². The number of hydrogen-bond donors (Lipinski definition) is 2. The number of alkyl carbamates (subject to hydrolysis) is 1. The number of fused-ring (bicyclic) bond motifs is 3. The summed E-state index contributed by atoms with van der Waals surface area (Å²) in [6, 6.07) is 18.6. The first-order valence-corrected chi connectivity index (χ1v) is 10.4. The number of carbonyl (C=O) groups excluding carboxylic acids is 1. The maximum absolute atomic E-state index is 13.7. The second kappa shape index (κ2) is 9.75. The van der Waals surface area contributed by atoms with Gasteiger partial charge in [-0.1, -0.05) is 60.7 Å². The molecular weight excluding hydrogens is 412 g/mol. The Balaban J connectivity index is 1.27. The molecule has 0 unspecified atom stereocenters. The summed E-state index contributed by atoms with van der Waals surface area (Å²) in [5, 5.41) is 11.6. The highest BCUT2D eigenvalue weighted by molar-refractivity contribution is 5.79. The van der Waals surface area contributed by atoms with Crippen molar-refractivity contribution in [2.75, 3.05) is 13.2 Å². The third-order valence-corrected chi connectivity index (χ3v) is 5.56. The van der Waals surface area contributed by atoms with E-state index in [1.165, 1.54) is 11.1 Å². The van der Waals surface area contributed by atoms with Gasteiger partial charge >= 0.3 is 6.09 Å². The third-order valence-electron chi connectivity index (χ3n) is 5.56. The summed E-state index contributed by atoms with van der Waals surface area (Å²) < 4.78 is 32.8. The van der Waals surface area contributed by atoms with Crippen LogP contribution in [0.4, 0.5) is 13.6 Å². The molecule has 3 aromatic rings. The Labute approximate surface area is 185 Å². The number of ether oxygens (including phenoxy) is 1. The lowest BCUT2D eigenvalue weighted by molar-refractivity contribution is 0.143. The summed E-state index contributed by atoms with van der Waals surface area (Å²) in [6.45, 7) is -0.121. The van der Waals surface area contributed by atoms with Gasteiger partial charge in [-0.3, -0.25) is 0 Å². The van der Waals surface area contributed by atoms with Crippen LogP contribution in [0.2, 0.25) is 0 Å². The molecule has 0 aromatic heterocycles. The highest BCUT2D eigenvalue weighted by Crippen LogP contribution is 2.44. The van der Waals surface area contributed by atoms with Crippen LogP contribution in [-0.4, -0.2) is 24.4 Å². The van der Waals surface area contributed by atoms with Gasteiger partial charge in [0.15, 0.2) is 0 Å². The summed E-state index contributed by atoms with van der Waals surface area (Å²) in [7, 11) is 0. The predicted molar refractivity (Wildman–Crippen MR) is 119 cm³/mol. The lowest BCUT2D eigenvalue weighted by Crippen LogP contribution is -2.26. The second-order valence-electron chi connectivity index (χ2n) is 7.56. The Bertz CT molecular complexity index is 1090. The first-order valence-electron chi connectivity index (χ1n) is 10.4. The molecule has 0 radical (unpaired) electrons. The SMILES string of the molecule is O=C(NCCC=Cc1cc(F)c(CO)c(F)c1)OCC1c2ccccc2-c2ccccc21. The molecule has 0 spiro atoms. The maximum Gasteiger partial charge on any atom is 0.407 e. The summed E-state index contributed by atoms with van der Waals surface area (Å²) in [5.74, 6) is -1.58. The molecule has 0 fully saturated rings. The van der Waals surface area contributed by atoms with E-state index in [2.05, 4.69) is 29.6 Å². The molecule has 6 heteroatoms. The Morgan fingerprint density at radius 3 is 2.19 bits per heavy atom. The van der Waals surface area contributed by atoms with Gasteiger partial charge < -0.3 is 15.2 Å². The van der Waals surface area contributed by atoms with Crippen molar-refractivity contribution in [3.63, 3.8) is 0 Å². The zero-order valence-electron chi connectivity index (χ0n) is 17.4. The number of aliphatic hydroxyl groups is 1. The molecule has 164 valence electrons. The Hall–Kier alpha value is -3.51. The van der Waals surface area contributed by atoms with Crippen molar-refractivity contribution in [3.05, 3.63) is 101 Å². The van der Waals surface area contributed by atoms with Gasteiger partial charge in [-0.2, -0.15) is 0 Å². The Kier molecular flexibility index (Phi) is 6.61. The van der Waals surface area contributed by atoms with Crippen LogP contribution in [0.15, 0.2) is 66.7 Å². The number of carbonyl (C=O) groups is 1. The molecule has 32 heavy (non-hydrogen) atoms. The molecule has 4 rings (SSSR count). The molecular formula is C26H23F2NO3. The molecule has 1 aliphatic carbocycles. The summed E-state index contributed by atoms with van der Waals surface area (Å²) in [6.07, 6.45) is 3.23. The van der Waals surface area contributed by atoms with E-state index in [1.54, 1.807) is 12.2 Å². The van der Waals surface area contributed by atoms with Crippen LogP contribution in [0.1, 0.15) is 34.6 Å². The van der Waals surface area contributed by atoms with Crippen LogP contribution in [0.25, 0.3) is 17.2 Å². The molecule has 1 aliphatic rings. The average Bonchev–Trinajstić information content (AvgIpc) is 3.11. The number of rotatable bonds is 7. The van der Waals surface area contributed by atoms with Crippen molar-refractivity contribution >= 4 is 12.2 Å². The minimum atomic E-state index is -0.788. The van der Waals surface area contributed by atoms with E-state index in [4.69, 9.17) is 9.84 Å². The molecule has 0 aliphatic heterocycles. The van der Waals surface area contributed by atoms with E-state index in [9.17, 15) is 13.6 Å². The Morgan fingerprint density at radius 1 is 1.00 bits per heavy atom. The fraction of sp³-hybridized carbons (Fsp3) is 0.192. The molecule has 4 nitrogen and oxygen atoms in total. The molecule has 0 heterocycles. The van der Waals surface area contributed by atoms with E-state index in [0.717, 1.165) is 23.3 Å². The van der Waals surface area contributed by atoms with Crippen LogP contribution in [0.3, 0.4) is 0 Å². The molecule has 1 amide bonds. The highest BCUT2D eigenvalue weighted by Gasteiger charge is 2.28. The van der Waals surface area contributed by atoms with Crippen LogP contribution in [-0.2, 0) is 11.3 Å². The van der Waals surface area contributed by atoms with Crippen LogP contribution >= 0.6 is 0 Å². The number of halogens is 2. The quantitative estimate of drug-likeness (QED) is 0.489. The summed E-state index contributed by atoms with van der Waals surface area (Å²) >= 11 is 0. The van der Waals surface area contributed by atoms with Gasteiger partial charge in [0.1, 0.15) is 18.2 Å². The number of aliphatic hydroxyl groups excluding tert-OH is 1. The Morgan fingerprint density at radius 2 is 1.59 bits per heavy atom. The highest BCUT2D eigenvalue weighted by atomic mass is 19.1. The molecule has 0 atom stereocenters. The molecule has 2 N–H and O–H groups in total. The van der Waals surface area contributed by atoms with E-state index in [1.807, 2.05) is 24.3 Å². The minimum absolute atomic E-state index is 0.000249. The van der Waals surface area contributed by atoms with Crippen molar-refractivity contribution < 1.29 is 23.4 Å². The standard InChI is InChI=1S/C26H23F2NO3/c27-24-13-17(14-25(28)22(24)15-30)7-5-6-12-29-26(31)32-16-23-20-10-3-1-8-18(20)19-9-2-4-11-21(19)23/h1-5,7-11,13-14,23,30H,6,12,15-16H2,(H,29,31). The van der Waals surface area contributed by atoms with Crippen molar-refractivity contribution in [2.24, 2.45) is 0 Å². The molecule has 0 saturated carbocycles. The van der Waals surface area contributed by atoms with Crippen molar-refractivity contribution in [3.8, 4) is 11.1 Å². The van der Waals surface area contributed by atoms with Crippen LogP contribution in [0.5, 0.6) is 0 Å². The summed E-state index contributed by atoms with van der Waals surface area (Å²) in [4.78, 5) is 12.1. The summed E-state index contributed by atoms with van der Waals surface area (Å²) in [5.41, 5.74) is 4.63. The fourth-order valence-electron chi connectivity index (χ4n) is 4.00. The number of hydrogen-bond acceptors (Lipinski definition) is 3. The largest absolute Gasteiger partial charge is 0.449 e. The lowest BCUT2D eigenvalue weighted by Gasteiger charge is -2.14. The van der Waals surface area contributed by atoms with Crippen molar-refractivity contribution in [1.82, 2.24) is 5.32 Å². The van der Waals surface area contributed by atoms with Crippen molar-refractivity contribution in [2.45, 2.75) is 18.9 Å². The number of amides is 1. The first-order chi connectivity index (χ1) is 15.6. The minimum Gasteiger partial charge on any atom is -0.449 e. The van der Waals surface area contributed by atoms with Gasteiger partial charge in [0.2, 0.25) is 0 Å². The average molecular weight is 435 g/mol. The fourth-order valence-corrected chi connectivity index (χ4v) is 4.00. The monoisotopic (exact) mass is 435 g/mol. The predicted octanol–water partition coefficient (Wildman–Crippen LogP) is 5.40. The third kappa shape index (κ3) is 4.55. The van der Waals surface area contributed by atoms with Gasteiger partial charge in [0.05, 0.1) is 6.61 Å². The molecule has 0 saturated heterocycles.